The Hall–Kier alpha value is -1.20. The van der Waals surface area contributed by atoms with Crippen molar-refractivity contribution >= 4 is 15.9 Å². The van der Waals surface area contributed by atoms with Crippen LogP contribution in [0.1, 0.15) is 30.6 Å². The SMILES string of the molecule is CCCn1ncc(Br)c1C(N)c1ccc(F)cc1. The van der Waals surface area contributed by atoms with Gasteiger partial charge in [0.2, 0.25) is 0 Å². The molecule has 0 radical (unpaired) electrons. The van der Waals surface area contributed by atoms with E-state index in [9.17, 15) is 4.39 Å². The average Bonchev–Trinajstić information content (AvgIpc) is 2.71. The third-order valence-corrected chi connectivity index (χ3v) is 3.40. The molecule has 0 aliphatic rings. The number of nitrogens with zero attached hydrogens (tertiary/aromatic N) is 2. The molecule has 3 nitrogen and oxygen atoms in total. The predicted molar refractivity (Wildman–Crippen MR) is 72.6 cm³/mol. The van der Waals surface area contributed by atoms with Crippen LogP contribution < -0.4 is 5.73 Å². The van der Waals surface area contributed by atoms with Crippen LogP contribution in [-0.4, -0.2) is 9.78 Å². The van der Waals surface area contributed by atoms with Crippen LogP contribution in [-0.2, 0) is 6.54 Å². The van der Waals surface area contributed by atoms with Gasteiger partial charge in [0, 0.05) is 6.54 Å². The number of benzene rings is 1. The molecule has 0 aliphatic carbocycles. The van der Waals surface area contributed by atoms with Crippen LogP contribution in [0, 0.1) is 5.82 Å². The van der Waals surface area contributed by atoms with E-state index in [0.717, 1.165) is 28.7 Å². The summed E-state index contributed by atoms with van der Waals surface area (Å²) in [6.07, 6.45) is 2.73. The van der Waals surface area contributed by atoms with Gasteiger partial charge in [-0.3, -0.25) is 4.68 Å². The minimum absolute atomic E-state index is 0.257. The zero-order valence-corrected chi connectivity index (χ0v) is 11.7. The first kappa shape index (κ1) is 13.2. The topological polar surface area (TPSA) is 43.8 Å². The van der Waals surface area contributed by atoms with Crippen molar-refractivity contribution in [2.75, 3.05) is 0 Å². The van der Waals surface area contributed by atoms with Gasteiger partial charge in [-0.05, 0) is 40.0 Å². The van der Waals surface area contributed by atoms with E-state index in [-0.39, 0.29) is 11.9 Å². The largest absolute Gasteiger partial charge is 0.319 e. The van der Waals surface area contributed by atoms with E-state index in [1.54, 1.807) is 18.3 Å². The van der Waals surface area contributed by atoms with Gasteiger partial charge >= 0.3 is 0 Å². The number of nitrogens with two attached hydrogens (primary N) is 1. The van der Waals surface area contributed by atoms with E-state index in [1.165, 1.54) is 12.1 Å². The average molecular weight is 312 g/mol. The Bertz CT molecular complexity index is 522. The molecule has 1 aromatic heterocycles. The molecular formula is C13H15BrFN3. The van der Waals surface area contributed by atoms with E-state index in [0.29, 0.717) is 0 Å². The summed E-state index contributed by atoms with van der Waals surface area (Å²) in [6.45, 7) is 2.90. The molecule has 1 atom stereocenters. The highest BCUT2D eigenvalue weighted by atomic mass is 79.9. The molecule has 0 amide bonds. The fourth-order valence-electron chi connectivity index (χ4n) is 1.90. The first-order valence-electron chi connectivity index (χ1n) is 5.85. The van der Waals surface area contributed by atoms with Gasteiger partial charge in [0.25, 0.3) is 0 Å². The highest BCUT2D eigenvalue weighted by Crippen LogP contribution is 2.27. The third-order valence-electron chi connectivity index (χ3n) is 2.79. The quantitative estimate of drug-likeness (QED) is 0.942. The molecular weight excluding hydrogens is 297 g/mol. The number of hydrogen-bond acceptors (Lipinski definition) is 2. The lowest BCUT2D eigenvalue weighted by Gasteiger charge is -2.15. The van der Waals surface area contributed by atoms with E-state index in [1.807, 2.05) is 4.68 Å². The van der Waals surface area contributed by atoms with Gasteiger partial charge in [-0.15, -0.1) is 0 Å². The van der Waals surface area contributed by atoms with Crippen LogP contribution >= 0.6 is 15.9 Å². The molecule has 2 N–H and O–H groups in total. The second-order valence-electron chi connectivity index (χ2n) is 4.13. The maximum absolute atomic E-state index is 12.9. The van der Waals surface area contributed by atoms with Crippen LogP contribution in [0.4, 0.5) is 4.39 Å². The predicted octanol–water partition coefficient (Wildman–Crippen LogP) is 3.24. The lowest BCUT2D eigenvalue weighted by Crippen LogP contribution is -2.18. The van der Waals surface area contributed by atoms with Crippen molar-refractivity contribution in [2.24, 2.45) is 5.73 Å². The molecule has 1 heterocycles. The molecule has 1 unspecified atom stereocenters. The van der Waals surface area contributed by atoms with Gasteiger partial charge in [0.1, 0.15) is 5.82 Å². The summed E-state index contributed by atoms with van der Waals surface area (Å²) >= 11 is 3.46. The second kappa shape index (κ2) is 5.63. The molecule has 2 aromatic rings. The van der Waals surface area contributed by atoms with Crippen LogP contribution in [0.5, 0.6) is 0 Å². The Morgan fingerprint density at radius 2 is 2.06 bits per heavy atom. The minimum atomic E-state index is -0.311. The van der Waals surface area contributed by atoms with E-state index >= 15 is 0 Å². The second-order valence-corrected chi connectivity index (χ2v) is 4.98. The summed E-state index contributed by atoms with van der Waals surface area (Å²) < 4.78 is 15.7. The Labute approximate surface area is 114 Å². The molecule has 96 valence electrons. The van der Waals surface area contributed by atoms with Crippen molar-refractivity contribution in [3.63, 3.8) is 0 Å². The Morgan fingerprint density at radius 3 is 2.67 bits per heavy atom. The number of aryl methyl sites for hydroxylation is 1. The van der Waals surface area contributed by atoms with E-state index in [4.69, 9.17) is 5.73 Å². The monoisotopic (exact) mass is 311 g/mol. The lowest BCUT2D eigenvalue weighted by atomic mass is 10.0. The Balaban J connectivity index is 2.35. The smallest absolute Gasteiger partial charge is 0.123 e. The van der Waals surface area contributed by atoms with Gasteiger partial charge < -0.3 is 5.73 Å². The van der Waals surface area contributed by atoms with Crippen LogP contribution in [0.15, 0.2) is 34.9 Å². The van der Waals surface area contributed by atoms with Crippen molar-refractivity contribution in [2.45, 2.75) is 25.9 Å². The summed E-state index contributed by atoms with van der Waals surface area (Å²) in [5.74, 6) is -0.257. The van der Waals surface area contributed by atoms with Crippen molar-refractivity contribution < 1.29 is 4.39 Å². The minimum Gasteiger partial charge on any atom is -0.319 e. The highest BCUT2D eigenvalue weighted by Gasteiger charge is 2.17. The lowest BCUT2D eigenvalue weighted by molar-refractivity contribution is 0.558. The summed E-state index contributed by atoms with van der Waals surface area (Å²) in [7, 11) is 0. The van der Waals surface area contributed by atoms with Crippen molar-refractivity contribution in [3.8, 4) is 0 Å². The molecule has 0 bridgehead atoms. The molecule has 0 saturated heterocycles. The maximum atomic E-state index is 12.9. The summed E-state index contributed by atoms with van der Waals surface area (Å²) in [6, 6.07) is 5.94. The van der Waals surface area contributed by atoms with Crippen LogP contribution in [0.3, 0.4) is 0 Å². The highest BCUT2D eigenvalue weighted by molar-refractivity contribution is 9.10. The Morgan fingerprint density at radius 1 is 1.39 bits per heavy atom. The standard InChI is InChI=1S/C13H15BrFN3/c1-2-7-18-13(11(14)8-17-18)12(16)9-3-5-10(15)6-4-9/h3-6,8,12H,2,7,16H2,1H3. The number of aromatic nitrogens is 2. The molecule has 18 heavy (non-hydrogen) atoms. The summed E-state index contributed by atoms with van der Waals surface area (Å²) in [5.41, 5.74) is 8.02. The van der Waals surface area contributed by atoms with Crippen molar-refractivity contribution in [3.05, 3.63) is 52.0 Å². The zero-order valence-electron chi connectivity index (χ0n) is 10.1. The molecule has 0 saturated carbocycles. The Kier molecular flexibility index (Phi) is 4.14. The van der Waals surface area contributed by atoms with E-state index < -0.39 is 0 Å². The normalized spacial score (nSPS) is 12.7. The maximum Gasteiger partial charge on any atom is 0.123 e. The fourth-order valence-corrected chi connectivity index (χ4v) is 2.44. The number of rotatable bonds is 4. The third kappa shape index (κ3) is 2.62. The molecule has 2 rings (SSSR count). The number of hydrogen-bond donors (Lipinski definition) is 1. The van der Waals surface area contributed by atoms with Crippen LogP contribution in [0.2, 0.25) is 0 Å². The molecule has 0 spiro atoms. The van der Waals surface area contributed by atoms with Gasteiger partial charge in [0.15, 0.2) is 0 Å². The van der Waals surface area contributed by atoms with E-state index in [2.05, 4.69) is 28.0 Å². The van der Waals surface area contributed by atoms with Crippen molar-refractivity contribution in [1.82, 2.24) is 9.78 Å². The first-order chi connectivity index (χ1) is 8.63. The van der Waals surface area contributed by atoms with Gasteiger partial charge in [-0.2, -0.15) is 5.10 Å². The van der Waals surface area contributed by atoms with Gasteiger partial charge in [-0.1, -0.05) is 19.1 Å². The zero-order chi connectivity index (χ0) is 13.1. The molecule has 5 heteroatoms. The van der Waals surface area contributed by atoms with Gasteiger partial charge in [-0.25, -0.2) is 4.39 Å². The summed E-state index contributed by atoms with van der Waals surface area (Å²) in [4.78, 5) is 0. The molecule has 0 aliphatic heterocycles. The summed E-state index contributed by atoms with van der Waals surface area (Å²) in [5, 5.41) is 4.29. The van der Waals surface area contributed by atoms with Gasteiger partial charge in [0.05, 0.1) is 22.4 Å². The molecule has 0 fully saturated rings. The number of halogens is 2. The first-order valence-corrected chi connectivity index (χ1v) is 6.65. The molecule has 1 aromatic carbocycles. The van der Waals surface area contributed by atoms with Crippen molar-refractivity contribution in [1.29, 1.82) is 0 Å². The fraction of sp³-hybridized carbons (Fsp3) is 0.308. The van der Waals surface area contributed by atoms with Crippen LogP contribution in [0.25, 0.3) is 0 Å².